The van der Waals surface area contributed by atoms with Gasteiger partial charge in [-0.05, 0) is 12.3 Å². The Balaban J connectivity index is 0. The third-order valence-electron chi connectivity index (χ3n) is 5.38. The van der Waals surface area contributed by atoms with Gasteiger partial charge < -0.3 is 5.11 Å². The van der Waals surface area contributed by atoms with Gasteiger partial charge in [0.15, 0.2) is 0 Å². The average Bonchev–Trinajstić information content (AvgIpc) is 2.65. The highest BCUT2D eigenvalue weighted by Gasteiger charge is 1.97. The molecule has 0 saturated heterocycles. The molecule has 0 unspecified atom stereocenters. The van der Waals surface area contributed by atoms with Gasteiger partial charge in [0.1, 0.15) is 0 Å². The summed E-state index contributed by atoms with van der Waals surface area (Å²) in [6.45, 7) is 9.10. The maximum Gasteiger partial charge on any atom is 0.303 e. The van der Waals surface area contributed by atoms with E-state index in [0.29, 0.717) is 6.42 Å². The minimum atomic E-state index is -0.653. The van der Waals surface area contributed by atoms with Crippen LogP contribution in [-0.4, -0.2) is 11.1 Å². The Labute approximate surface area is 178 Å². The largest absolute Gasteiger partial charge is 0.481 e. The maximum absolute atomic E-state index is 10.3. The van der Waals surface area contributed by atoms with E-state index < -0.39 is 5.97 Å². The first-order chi connectivity index (χ1) is 13.5. The van der Waals surface area contributed by atoms with Crippen LogP contribution < -0.4 is 0 Å². The fraction of sp³-hybridized carbons (Fsp3) is 0.962. The summed E-state index contributed by atoms with van der Waals surface area (Å²) in [4.78, 5) is 10.3. The predicted molar refractivity (Wildman–Crippen MR) is 126 cm³/mol. The molecule has 0 aromatic heterocycles. The van der Waals surface area contributed by atoms with E-state index in [1.54, 1.807) is 0 Å². The standard InChI is InChI=1S/C18H36O2.C8H18/c1-2-3-4-5-6-7-8-9-10-11-12-13-14-15-16-17-18(19)20;1-4-5-6-7-8(2)3/h2-17H2,1H3,(H,19,20);8H,4-7H2,1-3H3. The first-order valence-electron chi connectivity index (χ1n) is 12.8. The number of aliphatic carboxylic acids is 1. The van der Waals surface area contributed by atoms with Crippen molar-refractivity contribution in [1.29, 1.82) is 0 Å². The second-order valence-corrected chi connectivity index (χ2v) is 8.98. The fourth-order valence-electron chi connectivity index (χ4n) is 3.45. The van der Waals surface area contributed by atoms with Crippen molar-refractivity contribution in [3.8, 4) is 0 Å². The Morgan fingerprint density at radius 2 is 0.893 bits per heavy atom. The molecule has 28 heavy (non-hydrogen) atoms. The lowest BCUT2D eigenvalue weighted by molar-refractivity contribution is -0.137. The zero-order valence-electron chi connectivity index (χ0n) is 20.1. The van der Waals surface area contributed by atoms with Crippen LogP contribution in [0.3, 0.4) is 0 Å². The Hall–Kier alpha value is -0.530. The van der Waals surface area contributed by atoms with Gasteiger partial charge in [0, 0.05) is 6.42 Å². The number of unbranched alkanes of at least 4 members (excludes halogenated alkanes) is 16. The molecule has 0 heterocycles. The number of carboxylic acid groups (broad SMARTS) is 1. The van der Waals surface area contributed by atoms with Crippen LogP contribution in [0, 0.1) is 5.92 Å². The summed E-state index contributed by atoms with van der Waals surface area (Å²) in [5.74, 6) is 0.251. The highest BCUT2D eigenvalue weighted by Crippen LogP contribution is 2.13. The van der Waals surface area contributed by atoms with Crippen LogP contribution in [0.15, 0.2) is 0 Å². The van der Waals surface area contributed by atoms with Crippen LogP contribution in [-0.2, 0) is 4.79 Å². The minimum Gasteiger partial charge on any atom is -0.481 e. The Kier molecular flexibility index (Phi) is 28.0. The van der Waals surface area contributed by atoms with Gasteiger partial charge in [-0.1, -0.05) is 143 Å². The molecular weight excluding hydrogens is 344 g/mol. The van der Waals surface area contributed by atoms with Crippen molar-refractivity contribution in [2.24, 2.45) is 5.92 Å². The Morgan fingerprint density at radius 3 is 1.21 bits per heavy atom. The number of hydrogen-bond donors (Lipinski definition) is 1. The van der Waals surface area contributed by atoms with E-state index in [1.807, 2.05) is 0 Å². The number of carbonyl (C=O) groups is 1. The Morgan fingerprint density at radius 1 is 0.571 bits per heavy atom. The Bertz CT molecular complexity index is 286. The highest BCUT2D eigenvalue weighted by molar-refractivity contribution is 5.66. The quantitative estimate of drug-likeness (QED) is 0.207. The van der Waals surface area contributed by atoms with Crippen LogP contribution in [0.4, 0.5) is 0 Å². The molecule has 2 heteroatoms. The molecule has 0 aliphatic heterocycles. The molecule has 0 aromatic rings. The molecule has 0 amide bonds. The molecule has 0 spiro atoms. The van der Waals surface area contributed by atoms with Crippen LogP contribution in [0.25, 0.3) is 0 Å². The van der Waals surface area contributed by atoms with Crippen molar-refractivity contribution in [3.05, 3.63) is 0 Å². The summed E-state index contributed by atoms with van der Waals surface area (Å²) in [7, 11) is 0. The summed E-state index contributed by atoms with van der Waals surface area (Å²) in [6.07, 6.45) is 25.8. The highest BCUT2D eigenvalue weighted by atomic mass is 16.4. The zero-order chi connectivity index (χ0) is 21.3. The summed E-state index contributed by atoms with van der Waals surface area (Å²) in [6, 6.07) is 0. The van der Waals surface area contributed by atoms with Crippen molar-refractivity contribution < 1.29 is 9.90 Å². The number of carboxylic acids is 1. The van der Waals surface area contributed by atoms with E-state index in [2.05, 4.69) is 27.7 Å². The topological polar surface area (TPSA) is 37.3 Å². The normalized spacial score (nSPS) is 10.8. The van der Waals surface area contributed by atoms with Crippen LogP contribution >= 0.6 is 0 Å². The lowest BCUT2D eigenvalue weighted by Gasteiger charge is -2.03. The summed E-state index contributed by atoms with van der Waals surface area (Å²) >= 11 is 0. The first kappa shape index (κ1) is 29.7. The second-order valence-electron chi connectivity index (χ2n) is 8.98. The zero-order valence-corrected chi connectivity index (χ0v) is 20.1. The molecule has 2 nitrogen and oxygen atoms in total. The molecule has 0 fully saturated rings. The lowest BCUT2D eigenvalue weighted by Crippen LogP contribution is -1.93. The molecule has 170 valence electrons. The maximum atomic E-state index is 10.3. The van der Waals surface area contributed by atoms with Gasteiger partial charge in [0.2, 0.25) is 0 Å². The van der Waals surface area contributed by atoms with Gasteiger partial charge in [-0.15, -0.1) is 0 Å². The second kappa shape index (κ2) is 26.5. The predicted octanol–water partition coefficient (Wildman–Crippen LogP) is 9.56. The van der Waals surface area contributed by atoms with E-state index in [9.17, 15) is 4.79 Å². The third-order valence-corrected chi connectivity index (χ3v) is 5.38. The summed E-state index contributed by atoms with van der Waals surface area (Å²) in [5, 5.41) is 8.52. The molecule has 0 aromatic carbocycles. The van der Waals surface area contributed by atoms with Gasteiger partial charge in [0.05, 0.1) is 0 Å². The first-order valence-corrected chi connectivity index (χ1v) is 12.8. The van der Waals surface area contributed by atoms with Crippen molar-refractivity contribution >= 4 is 5.97 Å². The molecule has 0 aliphatic carbocycles. The number of rotatable bonds is 20. The van der Waals surface area contributed by atoms with Gasteiger partial charge in [-0.2, -0.15) is 0 Å². The average molecular weight is 399 g/mol. The molecular formula is C26H54O2. The van der Waals surface area contributed by atoms with E-state index in [4.69, 9.17) is 5.11 Å². The van der Waals surface area contributed by atoms with Gasteiger partial charge in [-0.3, -0.25) is 4.79 Å². The minimum absolute atomic E-state index is 0.345. The van der Waals surface area contributed by atoms with Crippen molar-refractivity contribution in [2.45, 2.75) is 156 Å². The molecule has 0 atom stereocenters. The van der Waals surface area contributed by atoms with Crippen molar-refractivity contribution in [3.63, 3.8) is 0 Å². The van der Waals surface area contributed by atoms with Gasteiger partial charge >= 0.3 is 5.97 Å². The van der Waals surface area contributed by atoms with Crippen LogP contribution in [0.2, 0.25) is 0 Å². The fourth-order valence-corrected chi connectivity index (χ4v) is 3.45. The van der Waals surface area contributed by atoms with Gasteiger partial charge in [-0.25, -0.2) is 0 Å². The molecule has 0 radical (unpaired) electrons. The SMILES string of the molecule is CCCCCC(C)C.CCCCCCCCCCCCCCCCCC(=O)O. The van der Waals surface area contributed by atoms with E-state index in [0.717, 1.165) is 18.8 Å². The summed E-state index contributed by atoms with van der Waals surface area (Å²) < 4.78 is 0. The molecule has 1 N–H and O–H groups in total. The lowest BCUT2D eigenvalue weighted by atomic mass is 10.0. The van der Waals surface area contributed by atoms with Gasteiger partial charge in [0.25, 0.3) is 0 Å². The van der Waals surface area contributed by atoms with E-state index in [-0.39, 0.29) is 0 Å². The molecule has 0 aliphatic rings. The van der Waals surface area contributed by atoms with Crippen molar-refractivity contribution in [2.75, 3.05) is 0 Å². The van der Waals surface area contributed by atoms with Crippen LogP contribution in [0.5, 0.6) is 0 Å². The van der Waals surface area contributed by atoms with E-state index in [1.165, 1.54) is 109 Å². The molecule has 0 rings (SSSR count). The van der Waals surface area contributed by atoms with Crippen molar-refractivity contribution in [1.82, 2.24) is 0 Å². The molecule has 0 saturated carbocycles. The summed E-state index contributed by atoms with van der Waals surface area (Å²) in [5.41, 5.74) is 0. The van der Waals surface area contributed by atoms with Crippen LogP contribution in [0.1, 0.15) is 156 Å². The smallest absolute Gasteiger partial charge is 0.303 e. The van der Waals surface area contributed by atoms with E-state index >= 15 is 0 Å². The monoisotopic (exact) mass is 398 g/mol. The third kappa shape index (κ3) is 33.1. The molecule has 0 bridgehead atoms. The number of hydrogen-bond acceptors (Lipinski definition) is 1.